The Morgan fingerprint density at radius 3 is 2.57 bits per heavy atom. The lowest BCUT2D eigenvalue weighted by Gasteiger charge is -2.34. The maximum absolute atomic E-state index is 13.0. The number of anilines is 2. The summed E-state index contributed by atoms with van der Waals surface area (Å²) in [5, 5.41) is 18.1. The molecule has 0 saturated heterocycles. The third-order valence-corrected chi connectivity index (χ3v) is 6.29. The van der Waals surface area contributed by atoms with Crippen molar-refractivity contribution in [2.24, 2.45) is 18.1 Å². The van der Waals surface area contributed by atoms with Crippen LogP contribution in [0.3, 0.4) is 0 Å². The van der Waals surface area contributed by atoms with Crippen molar-refractivity contribution in [3.05, 3.63) is 67.4 Å². The average Bonchev–Trinajstić information content (AvgIpc) is 3.40. The van der Waals surface area contributed by atoms with Crippen molar-refractivity contribution in [2.45, 2.75) is 32.9 Å². The number of pyridine rings is 2. The molecule has 0 saturated carbocycles. The molecule has 1 unspecified atom stereocenters. The standard InChI is InChI=1S/C26H28N8O/c1-17(2)23-12-26(3,34(32-23)20-6-5-11-27-13-20)31-25(35)30-19-9-7-18(8-10-19)21-14-28-16-24-22(21)15-29-33(24)4/h5-11,13-17H,12H2,1-4H3,(H2,30,31,35). The third-order valence-electron chi connectivity index (χ3n) is 6.29. The van der Waals surface area contributed by atoms with Crippen LogP contribution in [-0.2, 0) is 7.05 Å². The van der Waals surface area contributed by atoms with Gasteiger partial charge in [0.2, 0.25) is 0 Å². The van der Waals surface area contributed by atoms with Crippen LogP contribution in [0.5, 0.6) is 0 Å². The van der Waals surface area contributed by atoms with Gasteiger partial charge in [-0.05, 0) is 42.7 Å². The summed E-state index contributed by atoms with van der Waals surface area (Å²) in [7, 11) is 1.90. The second kappa shape index (κ2) is 8.83. The Balaban J connectivity index is 1.32. The highest BCUT2D eigenvalue weighted by atomic mass is 16.2. The predicted molar refractivity (Wildman–Crippen MR) is 138 cm³/mol. The third kappa shape index (κ3) is 4.32. The summed E-state index contributed by atoms with van der Waals surface area (Å²) in [5.41, 5.74) is 4.80. The first-order valence-corrected chi connectivity index (χ1v) is 11.6. The van der Waals surface area contributed by atoms with E-state index in [4.69, 9.17) is 5.10 Å². The van der Waals surface area contributed by atoms with Crippen LogP contribution >= 0.6 is 0 Å². The number of aryl methyl sites for hydroxylation is 1. The molecule has 3 aromatic heterocycles. The maximum Gasteiger partial charge on any atom is 0.321 e. The molecule has 9 nitrogen and oxygen atoms in total. The van der Waals surface area contributed by atoms with E-state index in [1.54, 1.807) is 23.3 Å². The molecule has 4 aromatic rings. The van der Waals surface area contributed by atoms with Gasteiger partial charge in [0.05, 0.1) is 29.8 Å². The van der Waals surface area contributed by atoms with Crippen molar-refractivity contribution in [1.29, 1.82) is 0 Å². The number of fused-ring (bicyclic) bond motifs is 1. The summed E-state index contributed by atoms with van der Waals surface area (Å²) >= 11 is 0. The number of nitrogens with zero attached hydrogens (tertiary/aromatic N) is 6. The van der Waals surface area contributed by atoms with E-state index in [0.29, 0.717) is 12.1 Å². The Morgan fingerprint density at radius 2 is 1.86 bits per heavy atom. The van der Waals surface area contributed by atoms with Crippen LogP contribution < -0.4 is 15.6 Å². The minimum Gasteiger partial charge on any atom is -0.313 e. The number of urea groups is 1. The Morgan fingerprint density at radius 1 is 1.06 bits per heavy atom. The molecule has 1 aliphatic rings. The van der Waals surface area contributed by atoms with Crippen LogP contribution in [0.1, 0.15) is 27.2 Å². The Hall–Kier alpha value is -4.27. The number of carbonyl (C=O) groups is 1. The van der Waals surface area contributed by atoms with Crippen molar-refractivity contribution in [3.63, 3.8) is 0 Å². The van der Waals surface area contributed by atoms with Gasteiger partial charge in [-0.3, -0.25) is 14.6 Å². The second-order valence-electron chi connectivity index (χ2n) is 9.26. The zero-order valence-electron chi connectivity index (χ0n) is 20.2. The molecule has 2 amide bonds. The van der Waals surface area contributed by atoms with E-state index in [-0.39, 0.29) is 11.9 Å². The van der Waals surface area contributed by atoms with Crippen molar-refractivity contribution in [1.82, 2.24) is 25.1 Å². The van der Waals surface area contributed by atoms with Gasteiger partial charge in [0.15, 0.2) is 0 Å². The Kier molecular flexibility index (Phi) is 5.68. The zero-order valence-corrected chi connectivity index (χ0v) is 20.2. The summed E-state index contributed by atoms with van der Waals surface area (Å²) in [6.07, 6.45) is 9.57. The lowest BCUT2D eigenvalue weighted by molar-refractivity contribution is 0.240. The normalized spacial score (nSPS) is 17.6. The Labute approximate surface area is 203 Å². The van der Waals surface area contributed by atoms with E-state index in [1.807, 2.05) is 67.8 Å². The van der Waals surface area contributed by atoms with Crippen molar-refractivity contribution in [3.8, 4) is 11.1 Å². The van der Waals surface area contributed by atoms with E-state index in [1.165, 1.54) is 0 Å². The molecular formula is C26H28N8O. The molecule has 0 aliphatic carbocycles. The topological polar surface area (TPSA) is 100 Å². The van der Waals surface area contributed by atoms with Gasteiger partial charge < -0.3 is 10.6 Å². The highest BCUT2D eigenvalue weighted by Crippen LogP contribution is 2.33. The number of benzene rings is 1. The van der Waals surface area contributed by atoms with Crippen molar-refractivity contribution in [2.75, 3.05) is 10.3 Å². The van der Waals surface area contributed by atoms with E-state index in [9.17, 15) is 4.79 Å². The molecule has 1 aliphatic heterocycles. The molecular weight excluding hydrogens is 440 g/mol. The summed E-state index contributed by atoms with van der Waals surface area (Å²) < 4.78 is 1.80. The van der Waals surface area contributed by atoms with Gasteiger partial charge >= 0.3 is 6.03 Å². The van der Waals surface area contributed by atoms with E-state index >= 15 is 0 Å². The van der Waals surface area contributed by atoms with Gasteiger partial charge in [-0.1, -0.05) is 26.0 Å². The molecule has 5 rings (SSSR count). The fraction of sp³-hybridized carbons (Fsp3) is 0.269. The van der Waals surface area contributed by atoms with E-state index in [0.717, 1.165) is 33.4 Å². The number of hydrogen-bond acceptors (Lipinski definition) is 6. The fourth-order valence-electron chi connectivity index (χ4n) is 4.37. The molecule has 35 heavy (non-hydrogen) atoms. The Bertz CT molecular complexity index is 1390. The largest absolute Gasteiger partial charge is 0.321 e. The van der Waals surface area contributed by atoms with Gasteiger partial charge in [-0.2, -0.15) is 10.2 Å². The summed E-state index contributed by atoms with van der Waals surface area (Å²) in [6, 6.07) is 11.2. The van der Waals surface area contributed by atoms with Gasteiger partial charge in [0.1, 0.15) is 5.66 Å². The highest BCUT2D eigenvalue weighted by molar-refractivity contribution is 5.96. The van der Waals surface area contributed by atoms with E-state index < -0.39 is 5.66 Å². The average molecular weight is 469 g/mol. The molecule has 0 bridgehead atoms. The summed E-state index contributed by atoms with van der Waals surface area (Å²) in [6.45, 7) is 6.19. The first kappa shape index (κ1) is 22.5. The molecule has 0 spiro atoms. The zero-order chi connectivity index (χ0) is 24.6. The second-order valence-corrected chi connectivity index (χ2v) is 9.26. The van der Waals surface area contributed by atoms with Crippen molar-refractivity contribution >= 4 is 34.0 Å². The van der Waals surface area contributed by atoms with Crippen LogP contribution in [-0.4, -0.2) is 37.2 Å². The van der Waals surface area contributed by atoms with E-state index in [2.05, 4.69) is 39.5 Å². The summed E-state index contributed by atoms with van der Waals surface area (Å²) in [4.78, 5) is 21.6. The molecule has 1 atom stereocenters. The van der Waals surface area contributed by atoms with Crippen LogP contribution in [0.4, 0.5) is 16.2 Å². The number of amides is 2. The molecule has 4 heterocycles. The lowest BCUT2D eigenvalue weighted by atomic mass is 9.98. The number of rotatable bonds is 5. The number of aromatic nitrogens is 4. The number of nitrogens with one attached hydrogen (secondary N) is 2. The minimum atomic E-state index is -0.714. The monoisotopic (exact) mass is 468 g/mol. The maximum atomic E-state index is 13.0. The molecule has 0 fully saturated rings. The molecule has 2 N–H and O–H groups in total. The van der Waals surface area contributed by atoms with Gasteiger partial charge in [0.25, 0.3) is 0 Å². The smallest absolute Gasteiger partial charge is 0.313 e. The SMILES string of the molecule is CC(C)C1=NN(c2cccnc2)C(C)(NC(=O)Nc2ccc(-c3cncc4c3cnn4C)cc2)C1. The number of carbonyl (C=O) groups excluding carboxylic acids is 1. The number of hydrogen-bond donors (Lipinski definition) is 2. The van der Waals surface area contributed by atoms with Crippen molar-refractivity contribution < 1.29 is 4.79 Å². The molecule has 178 valence electrons. The minimum absolute atomic E-state index is 0.271. The van der Waals surface area contributed by atoms with Gasteiger partial charge in [-0.15, -0.1) is 0 Å². The molecule has 9 heteroatoms. The molecule has 1 aromatic carbocycles. The van der Waals surface area contributed by atoms with Gasteiger partial charge in [0, 0.05) is 48.2 Å². The van der Waals surface area contributed by atoms with Crippen LogP contribution in [0.2, 0.25) is 0 Å². The van der Waals surface area contributed by atoms with Gasteiger partial charge in [-0.25, -0.2) is 9.80 Å². The number of hydrazone groups is 1. The fourth-order valence-corrected chi connectivity index (χ4v) is 4.37. The highest BCUT2D eigenvalue weighted by Gasteiger charge is 2.41. The quantitative estimate of drug-likeness (QED) is 0.439. The van der Waals surface area contributed by atoms with Crippen LogP contribution in [0.15, 0.2) is 72.5 Å². The first-order valence-electron chi connectivity index (χ1n) is 11.6. The van der Waals surface area contributed by atoms with Crippen LogP contribution in [0, 0.1) is 5.92 Å². The van der Waals surface area contributed by atoms with Crippen LogP contribution in [0.25, 0.3) is 22.0 Å². The summed E-state index contributed by atoms with van der Waals surface area (Å²) in [5.74, 6) is 0.271. The first-order chi connectivity index (χ1) is 16.8. The lowest BCUT2D eigenvalue weighted by Crippen LogP contribution is -2.56. The molecule has 0 radical (unpaired) electrons. The predicted octanol–water partition coefficient (Wildman–Crippen LogP) is 4.79.